The monoisotopic (exact) mass is 376 g/mol. The maximum atomic E-state index is 12.2. The van der Waals surface area contributed by atoms with Crippen molar-refractivity contribution in [3.05, 3.63) is 41.5 Å². The molecule has 9 nitrogen and oxygen atoms in total. The minimum absolute atomic E-state index is 0.115. The van der Waals surface area contributed by atoms with Crippen LogP contribution in [0.5, 0.6) is 0 Å². The molecule has 1 aliphatic carbocycles. The highest BCUT2D eigenvalue weighted by Gasteiger charge is 2.34. The summed E-state index contributed by atoms with van der Waals surface area (Å²) in [7, 11) is 0. The van der Waals surface area contributed by atoms with Crippen LogP contribution >= 0.6 is 0 Å². The van der Waals surface area contributed by atoms with Gasteiger partial charge in [-0.3, -0.25) is 9.59 Å². The van der Waals surface area contributed by atoms with Gasteiger partial charge in [-0.25, -0.2) is 4.79 Å². The van der Waals surface area contributed by atoms with Crippen LogP contribution in [0.25, 0.3) is 0 Å². The molecule has 0 aromatic heterocycles. The molecule has 4 amide bonds. The summed E-state index contributed by atoms with van der Waals surface area (Å²) in [5.74, 6) is -1.30. The maximum absolute atomic E-state index is 12.2. The number of hydrogen-bond donors (Lipinski definition) is 6. The van der Waals surface area contributed by atoms with Crippen LogP contribution in [0, 0.1) is 6.92 Å². The molecular formula is C18H24N4O5. The zero-order chi connectivity index (χ0) is 20.1. The predicted molar refractivity (Wildman–Crippen MR) is 98.6 cm³/mol. The summed E-state index contributed by atoms with van der Waals surface area (Å²) in [6, 6.07) is 4.64. The summed E-state index contributed by atoms with van der Waals surface area (Å²) >= 11 is 0. The molecule has 0 aliphatic heterocycles. The third-order valence-electron chi connectivity index (χ3n) is 4.25. The lowest BCUT2D eigenvalue weighted by Gasteiger charge is -2.31. The number of aliphatic hydroxyl groups is 2. The lowest BCUT2D eigenvalue weighted by atomic mass is 9.90. The highest BCUT2D eigenvalue weighted by atomic mass is 16.3. The minimum Gasteiger partial charge on any atom is -0.390 e. The van der Waals surface area contributed by atoms with Crippen LogP contribution < -0.4 is 21.7 Å². The van der Waals surface area contributed by atoms with Crippen molar-refractivity contribution < 1.29 is 24.6 Å². The average molecular weight is 376 g/mol. The molecule has 1 aromatic carbocycles. The van der Waals surface area contributed by atoms with E-state index in [2.05, 4.69) is 16.0 Å². The molecule has 0 heterocycles. The molecule has 146 valence electrons. The van der Waals surface area contributed by atoms with Crippen LogP contribution in [0.1, 0.15) is 18.9 Å². The van der Waals surface area contributed by atoms with Gasteiger partial charge in [0, 0.05) is 17.7 Å². The van der Waals surface area contributed by atoms with Gasteiger partial charge in [-0.05, 0) is 26.0 Å². The number of nitrogens with two attached hydrogens (primary N) is 1. The van der Waals surface area contributed by atoms with Gasteiger partial charge in [0.1, 0.15) is 12.1 Å². The fourth-order valence-electron chi connectivity index (χ4n) is 2.58. The van der Waals surface area contributed by atoms with Crippen molar-refractivity contribution in [3.63, 3.8) is 0 Å². The lowest BCUT2D eigenvalue weighted by molar-refractivity contribution is -0.125. The summed E-state index contributed by atoms with van der Waals surface area (Å²) in [5.41, 5.74) is 6.85. The standard InChI is InChI=1S/C18H24N4O5/c1-9-3-5-12(6-4-9)21-18(27)22-13-7-11(8-14(23)15(13)24)17(26)20-10(2)16(19)25/h3-7,10,13-15,23-24H,8H2,1-2H3,(H2,19,25)(H,20,26)(H2,21,22,27)/t10-,13+,14-,15-/m1/s1. The van der Waals surface area contributed by atoms with Gasteiger partial charge in [0.05, 0.1) is 12.1 Å². The Morgan fingerprint density at radius 1 is 1.19 bits per heavy atom. The first-order chi connectivity index (χ1) is 12.7. The molecule has 7 N–H and O–H groups in total. The normalized spacial score (nSPS) is 23.0. The van der Waals surface area contributed by atoms with Gasteiger partial charge in [0.2, 0.25) is 11.8 Å². The number of aliphatic hydroxyl groups excluding tert-OH is 2. The summed E-state index contributed by atoms with van der Waals surface area (Å²) in [5, 5.41) is 27.7. The zero-order valence-electron chi connectivity index (χ0n) is 15.1. The molecule has 0 radical (unpaired) electrons. The van der Waals surface area contributed by atoms with Gasteiger partial charge in [-0.1, -0.05) is 23.8 Å². The van der Waals surface area contributed by atoms with E-state index in [1.807, 2.05) is 19.1 Å². The molecule has 0 bridgehead atoms. The SMILES string of the molecule is Cc1ccc(NC(=O)N[C@H]2C=C(C(=O)N[C@H](C)C(N)=O)C[C@@H](O)[C@@H]2O)cc1. The Hall–Kier alpha value is -2.91. The van der Waals surface area contributed by atoms with Crippen LogP contribution in [0.3, 0.4) is 0 Å². The van der Waals surface area contributed by atoms with E-state index < -0.39 is 42.1 Å². The number of nitrogens with one attached hydrogen (secondary N) is 3. The molecular weight excluding hydrogens is 352 g/mol. The number of rotatable bonds is 5. The molecule has 2 rings (SSSR count). The summed E-state index contributed by atoms with van der Waals surface area (Å²) in [4.78, 5) is 35.4. The van der Waals surface area contributed by atoms with Crippen molar-refractivity contribution in [2.45, 2.75) is 44.6 Å². The lowest BCUT2D eigenvalue weighted by Crippen LogP contribution is -2.52. The van der Waals surface area contributed by atoms with Crippen molar-refractivity contribution in [1.29, 1.82) is 0 Å². The molecule has 4 atom stereocenters. The third-order valence-corrected chi connectivity index (χ3v) is 4.25. The predicted octanol–water partition coefficient (Wildman–Crippen LogP) is -0.473. The van der Waals surface area contributed by atoms with Crippen molar-refractivity contribution in [2.24, 2.45) is 5.73 Å². The highest BCUT2D eigenvalue weighted by molar-refractivity contribution is 5.97. The quantitative estimate of drug-likeness (QED) is 0.410. The van der Waals surface area contributed by atoms with Crippen molar-refractivity contribution >= 4 is 23.5 Å². The van der Waals surface area contributed by atoms with Crippen LogP contribution in [0.4, 0.5) is 10.5 Å². The van der Waals surface area contributed by atoms with E-state index in [1.54, 1.807) is 12.1 Å². The van der Waals surface area contributed by atoms with E-state index in [-0.39, 0.29) is 12.0 Å². The van der Waals surface area contributed by atoms with Crippen LogP contribution in [0.15, 0.2) is 35.9 Å². The first-order valence-corrected chi connectivity index (χ1v) is 8.48. The Labute approximate surface area is 156 Å². The molecule has 0 spiro atoms. The van der Waals surface area contributed by atoms with Crippen molar-refractivity contribution in [2.75, 3.05) is 5.32 Å². The first kappa shape index (κ1) is 20.4. The fourth-order valence-corrected chi connectivity index (χ4v) is 2.58. The molecule has 0 saturated heterocycles. The Balaban J connectivity index is 2.06. The number of aryl methyl sites for hydroxylation is 1. The number of urea groups is 1. The van der Waals surface area contributed by atoms with Gasteiger partial charge >= 0.3 is 6.03 Å². The molecule has 9 heteroatoms. The van der Waals surface area contributed by atoms with E-state index in [0.29, 0.717) is 5.69 Å². The minimum atomic E-state index is -1.28. The molecule has 1 aliphatic rings. The number of anilines is 1. The van der Waals surface area contributed by atoms with E-state index in [9.17, 15) is 24.6 Å². The van der Waals surface area contributed by atoms with Crippen LogP contribution in [0.2, 0.25) is 0 Å². The number of carbonyl (C=O) groups excluding carboxylic acids is 3. The van der Waals surface area contributed by atoms with E-state index in [0.717, 1.165) is 5.56 Å². The maximum Gasteiger partial charge on any atom is 0.319 e. The number of hydrogen-bond acceptors (Lipinski definition) is 5. The van der Waals surface area contributed by atoms with Gasteiger partial charge in [0.15, 0.2) is 0 Å². The molecule has 1 aromatic rings. The topological polar surface area (TPSA) is 154 Å². The Kier molecular flexibility index (Phi) is 6.54. The molecule has 27 heavy (non-hydrogen) atoms. The van der Waals surface area contributed by atoms with Gasteiger partial charge in [-0.15, -0.1) is 0 Å². The van der Waals surface area contributed by atoms with E-state index in [4.69, 9.17) is 5.73 Å². The fraction of sp³-hybridized carbons (Fsp3) is 0.389. The zero-order valence-corrected chi connectivity index (χ0v) is 15.1. The van der Waals surface area contributed by atoms with Crippen LogP contribution in [-0.4, -0.2) is 52.4 Å². The van der Waals surface area contributed by atoms with Crippen molar-refractivity contribution in [1.82, 2.24) is 10.6 Å². The summed E-state index contributed by atoms with van der Waals surface area (Å²) < 4.78 is 0. The van der Waals surface area contributed by atoms with Gasteiger partial charge in [-0.2, -0.15) is 0 Å². The number of carbonyl (C=O) groups is 3. The second-order valence-electron chi connectivity index (χ2n) is 6.54. The number of amides is 4. The molecule has 0 unspecified atom stereocenters. The Bertz CT molecular complexity index is 747. The summed E-state index contributed by atoms with van der Waals surface area (Å²) in [6.45, 7) is 3.35. The molecule has 0 fully saturated rings. The Morgan fingerprint density at radius 2 is 1.81 bits per heavy atom. The second-order valence-corrected chi connectivity index (χ2v) is 6.54. The van der Waals surface area contributed by atoms with Gasteiger partial charge < -0.3 is 31.9 Å². The van der Waals surface area contributed by atoms with Gasteiger partial charge in [0.25, 0.3) is 0 Å². The average Bonchev–Trinajstić information content (AvgIpc) is 2.60. The van der Waals surface area contributed by atoms with E-state index in [1.165, 1.54) is 13.0 Å². The largest absolute Gasteiger partial charge is 0.390 e. The highest BCUT2D eigenvalue weighted by Crippen LogP contribution is 2.20. The van der Waals surface area contributed by atoms with E-state index >= 15 is 0 Å². The third kappa shape index (κ3) is 5.53. The van der Waals surface area contributed by atoms with Crippen LogP contribution in [-0.2, 0) is 9.59 Å². The Morgan fingerprint density at radius 3 is 2.41 bits per heavy atom. The number of benzene rings is 1. The smallest absolute Gasteiger partial charge is 0.319 e. The number of primary amides is 1. The summed E-state index contributed by atoms with van der Waals surface area (Å²) in [6.07, 6.45) is -1.28. The molecule has 0 saturated carbocycles. The first-order valence-electron chi connectivity index (χ1n) is 8.48. The van der Waals surface area contributed by atoms with Crippen molar-refractivity contribution in [3.8, 4) is 0 Å². The second kappa shape index (κ2) is 8.65.